The predicted octanol–water partition coefficient (Wildman–Crippen LogP) is 2.51. The van der Waals surface area contributed by atoms with Crippen molar-refractivity contribution in [1.82, 2.24) is 25.1 Å². The second-order valence-corrected chi connectivity index (χ2v) is 7.18. The summed E-state index contributed by atoms with van der Waals surface area (Å²) >= 11 is 0. The van der Waals surface area contributed by atoms with E-state index in [9.17, 15) is 8.78 Å². The summed E-state index contributed by atoms with van der Waals surface area (Å²) in [5, 5.41) is 12.1. The van der Waals surface area contributed by atoms with Gasteiger partial charge in [0.05, 0.1) is 13.2 Å². The van der Waals surface area contributed by atoms with Crippen LogP contribution in [0.15, 0.2) is 48.5 Å². The van der Waals surface area contributed by atoms with E-state index in [1.807, 2.05) is 6.07 Å². The van der Waals surface area contributed by atoms with Gasteiger partial charge in [0.1, 0.15) is 17.7 Å². The van der Waals surface area contributed by atoms with Crippen LogP contribution in [0.5, 0.6) is 0 Å². The minimum atomic E-state index is -0.409. The fourth-order valence-electron chi connectivity index (χ4n) is 3.83. The molecular formula is C21H24F2N6O. The van der Waals surface area contributed by atoms with Gasteiger partial charge >= 0.3 is 0 Å². The zero-order chi connectivity index (χ0) is 20.9. The number of piperazine rings is 1. The van der Waals surface area contributed by atoms with Crippen molar-refractivity contribution >= 4 is 5.69 Å². The Bertz CT molecular complexity index is 956. The number of nitrogens with zero attached hydrogens (tertiary/aromatic N) is 6. The SMILES string of the molecule is COCCn1nnnc1C(c1ccccc1F)N1CCN(c2ccc(F)cc2)CC1. The number of rotatable bonds is 7. The van der Waals surface area contributed by atoms with E-state index in [2.05, 4.69) is 25.3 Å². The average molecular weight is 414 g/mol. The quantitative estimate of drug-likeness (QED) is 0.592. The largest absolute Gasteiger partial charge is 0.383 e. The van der Waals surface area contributed by atoms with Crippen LogP contribution in [-0.2, 0) is 11.3 Å². The first-order chi connectivity index (χ1) is 14.7. The number of methoxy groups -OCH3 is 1. The standard InChI is InChI=1S/C21H24F2N6O/c1-30-15-14-29-21(24-25-26-29)20(18-4-2-3-5-19(18)23)28-12-10-27(11-13-28)17-8-6-16(22)7-9-17/h2-9,20H,10-15H2,1H3. The predicted molar refractivity (Wildman–Crippen MR) is 108 cm³/mol. The number of ether oxygens (including phenoxy) is 1. The topological polar surface area (TPSA) is 59.3 Å². The smallest absolute Gasteiger partial charge is 0.173 e. The second kappa shape index (κ2) is 9.27. The van der Waals surface area contributed by atoms with Crippen molar-refractivity contribution in [3.05, 3.63) is 71.6 Å². The molecule has 7 nitrogen and oxygen atoms in total. The summed E-state index contributed by atoms with van der Waals surface area (Å²) < 4.78 is 34.8. The fourth-order valence-corrected chi connectivity index (χ4v) is 3.83. The van der Waals surface area contributed by atoms with Crippen LogP contribution in [0.4, 0.5) is 14.5 Å². The first-order valence-corrected chi connectivity index (χ1v) is 9.91. The first kappa shape index (κ1) is 20.4. The van der Waals surface area contributed by atoms with E-state index in [0.717, 1.165) is 18.8 Å². The number of hydrogen-bond acceptors (Lipinski definition) is 6. The van der Waals surface area contributed by atoms with E-state index in [-0.39, 0.29) is 11.6 Å². The van der Waals surface area contributed by atoms with Crippen LogP contribution in [0, 0.1) is 11.6 Å². The first-order valence-electron chi connectivity index (χ1n) is 9.91. The van der Waals surface area contributed by atoms with E-state index in [4.69, 9.17) is 4.74 Å². The molecule has 0 saturated carbocycles. The van der Waals surface area contributed by atoms with Crippen molar-refractivity contribution in [1.29, 1.82) is 0 Å². The maximum Gasteiger partial charge on any atom is 0.173 e. The molecular weight excluding hydrogens is 390 g/mol. The van der Waals surface area contributed by atoms with Gasteiger partial charge in [0.25, 0.3) is 0 Å². The molecule has 0 bridgehead atoms. The molecule has 0 aliphatic carbocycles. The van der Waals surface area contributed by atoms with E-state index in [1.54, 1.807) is 36.1 Å². The summed E-state index contributed by atoms with van der Waals surface area (Å²) in [5.41, 5.74) is 1.52. The highest BCUT2D eigenvalue weighted by Gasteiger charge is 2.32. The zero-order valence-corrected chi connectivity index (χ0v) is 16.8. The molecule has 9 heteroatoms. The molecule has 0 radical (unpaired) electrons. The molecule has 3 aromatic rings. The number of tetrazole rings is 1. The Hall–Kier alpha value is -2.91. The minimum absolute atomic E-state index is 0.250. The van der Waals surface area contributed by atoms with E-state index in [0.29, 0.717) is 37.6 Å². The Morgan fingerprint density at radius 2 is 1.73 bits per heavy atom. The average Bonchev–Trinajstić information content (AvgIpc) is 3.23. The Labute approximate surface area is 173 Å². The van der Waals surface area contributed by atoms with Gasteiger partial charge in [-0.3, -0.25) is 4.90 Å². The van der Waals surface area contributed by atoms with Crippen molar-refractivity contribution in [2.75, 3.05) is 44.8 Å². The molecule has 1 aromatic heterocycles. The molecule has 0 N–H and O–H groups in total. The molecule has 1 fully saturated rings. The van der Waals surface area contributed by atoms with Crippen LogP contribution in [0.2, 0.25) is 0 Å². The molecule has 0 amide bonds. The summed E-state index contributed by atoms with van der Waals surface area (Å²) in [7, 11) is 1.62. The monoisotopic (exact) mass is 414 g/mol. The van der Waals surface area contributed by atoms with Crippen LogP contribution in [0.1, 0.15) is 17.4 Å². The molecule has 1 aliphatic rings. The number of halogens is 2. The lowest BCUT2D eigenvalue weighted by Crippen LogP contribution is -2.48. The van der Waals surface area contributed by atoms with Crippen molar-refractivity contribution in [2.45, 2.75) is 12.6 Å². The zero-order valence-electron chi connectivity index (χ0n) is 16.8. The van der Waals surface area contributed by atoms with Crippen LogP contribution >= 0.6 is 0 Å². The van der Waals surface area contributed by atoms with Crippen molar-refractivity contribution in [2.24, 2.45) is 0 Å². The molecule has 1 unspecified atom stereocenters. The third-order valence-electron chi connectivity index (χ3n) is 5.38. The maximum absolute atomic E-state index is 14.8. The van der Waals surface area contributed by atoms with Crippen molar-refractivity contribution in [3.63, 3.8) is 0 Å². The van der Waals surface area contributed by atoms with Crippen LogP contribution in [-0.4, -0.2) is 65.0 Å². The third-order valence-corrected chi connectivity index (χ3v) is 5.38. The third kappa shape index (κ3) is 4.31. The number of aromatic nitrogens is 4. The molecule has 2 aromatic carbocycles. The summed E-state index contributed by atoms with van der Waals surface area (Å²) in [4.78, 5) is 4.38. The molecule has 2 heterocycles. The Balaban J connectivity index is 1.59. The van der Waals surface area contributed by atoms with Gasteiger partial charge in [-0.15, -0.1) is 5.10 Å². The molecule has 158 valence electrons. The molecule has 1 aliphatic heterocycles. The van der Waals surface area contributed by atoms with Crippen LogP contribution in [0.25, 0.3) is 0 Å². The highest BCUT2D eigenvalue weighted by Crippen LogP contribution is 2.30. The normalized spacial score (nSPS) is 16.0. The van der Waals surface area contributed by atoms with Gasteiger partial charge < -0.3 is 9.64 Å². The van der Waals surface area contributed by atoms with Gasteiger partial charge in [-0.25, -0.2) is 13.5 Å². The van der Waals surface area contributed by atoms with Gasteiger partial charge in [0, 0.05) is 44.5 Å². The lowest BCUT2D eigenvalue weighted by molar-refractivity contribution is 0.171. The summed E-state index contributed by atoms with van der Waals surface area (Å²) in [6.07, 6.45) is 0. The molecule has 4 rings (SSSR count). The van der Waals surface area contributed by atoms with Crippen LogP contribution in [0.3, 0.4) is 0 Å². The summed E-state index contributed by atoms with van der Waals surface area (Å²) in [6.45, 7) is 3.78. The van der Waals surface area contributed by atoms with E-state index >= 15 is 0 Å². The highest BCUT2D eigenvalue weighted by molar-refractivity contribution is 5.46. The Morgan fingerprint density at radius 3 is 2.43 bits per heavy atom. The summed E-state index contributed by atoms with van der Waals surface area (Å²) in [6, 6.07) is 12.8. The van der Waals surface area contributed by atoms with Gasteiger partial charge in [0.2, 0.25) is 0 Å². The van der Waals surface area contributed by atoms with Gasteiger partial charge in [0.15, 0.2) is 5.82 Å². The fraction of sp³-hybridized carbons (Fsp3) is 0.381. The molecule has 1 atom stereocenters. The van der Waals surface area contributed by atoms with Gasteiger partial charge in [-0.2, -0.15) is 0 Å². The lowest BCUT2D eigenvalue weighted by atomic mass is 10.0. The van der Waals surface area contributed by atoms with E-state index in [1.165, 1.54) is 18.2 Å². The van der Waals surface area contributed by atoms with Crippen molar-refractivity contribution in [3.8, 4) is 0 Å². The van der Waals surface area contributed by atoms with Crippen LogP contribution < -0.4 is 4.90 Å². The highest BCUT2D eigenvalue weighted by atomic mass is 19.1. The van der Waals surface area contributed by atoms with E-state index < -0.39 is 6.04 Å². The minimum Gasteiger partial charge on any atom is -0.383 e. The molecule has 1 saturated heterocycles. The number of hydrogen-bond donors (Lipinski definition) is 0. The molecule has 0 spiro atoms. The maximum atomic E-state index is 14.8. The lowest BCUT2D eigenvalue weighted by Gasteiger charge is -2.40. The summed E-state index contributed by atoms with van der Waals surface area (Å²) in [5.74, 6) is 0.0528. The van der Waals surface area contributed by atoms with Gasteiger partial charge in [-0.05, 0) is 40.8 Å². The number of anilines is 1. The number of benzene rings is 2. The van der Waals surface area contributed by atoms with Gasteiger partial charge in [-0.1, -0.05) is 18.2 Å². The van der Waals surface area contributed by atoms with Crippen molar-refractivity contribution < 1.29 is 13.5 Å². The second-order valence-electron chi connectivity index (χ2n) is 7.18. The Kier molecular flexibility index (Phi) is 6.29. The Morgan fingerprint density at radius 1 is 1.00 bits per heavy atom. The molecule has 30 heavy (non-hydrogen) atoms.